The second-order valence-electron chi connectivity index (χ2n) is 6.52. The first-order valence-corrected chi connectivity index (χ1v) is 13.6. The zero-order chi connectivity index (χ0) is 20.1. The number of alkyl halides is 2. The van der Waals surface area contributed by atoms with Crippen molar-refractivity contribution in [2.45, 2.75) is 2.72 Å². The van der Waals surface area contributed by atoms with Crippen LogP contribution in [0.15, 0.2) is 121 Å². The third-order valence-corrected chi connectivity index (χ3v) is 14.4. The van der Waals surface area contributed by atoms with Gasteiger partial charge in [0.2, 0.25) is 0 Å². The van der Waals surface area contributed by atoms with E-state index in [4.69, 9.17) is 0 Å². The summed E-state index contributed by atoms with van der Waals surface area (Å²) in [7, 11) is -1.44. The predicted octanol–water partition coefficient (Wildman–Crippen LogP) is 6.65. The Hall–Kier alpha value is -1.30. The van der Waals surface area contributed by atoms with E-state index in [0.29, 0.717) is 0 Å². The van der Waals surface area contributed by atoms with E-state index in [1.54, 1.807) is 0 Å². The molecule has 0 atom stereocenters. The van der Waals surface area contributed by atoms with E-state index < -0.39 is 15.8 Å². The number of benzene rings is 4. The minimum atomic E-state index is -0.719. The van der Waals surface area contributed by atoms with E-state index in [0.717, 1.165) is 0 Å². The van der Waals surface area contributed by atoms with E-state index in [9.17, 15) is 0 Å². The first-order valence-electron chi connectivity index (χ1n) is 9.36. The molecular weight excluding hydrogens is 522 g/mol. The topological polar surface area (TPSA) is 0 Å². The zero-order valence-corrected chi connectivity index (χ0v) is 20.7. The van der Waals surface area contributed by atoms with E-state index in [-0.39, 0.29) is 2.72 Å². The van der Waals surface area contributed by atoms with Gasteiger partial charge in [-0.1, -0.05) is 153 Å². The van der Waals surface area contributed by atoms with Crippen LogP contribution in [0.5, 0.6) is 0 Å². The lowest BCUT2D eigenvalue weighted by Gasteiger charge is -2.39. The molecule has 0 saturated heterocycles. The molecule has 4 rings (SSSR count). The summed E-state index contributed by atoms with van der Waals surface area (Å²) < 4.78 is -0.296. The third kappa shape index (κ3) is 4.73. The van der Waals surface area contributed by atoms with Gasteiger partial charge >= 0.3 is 0 Å². The average molecular weight is 542 g/mol. The van der Waals surface area contributed by atoms with Gasteiger partial charge in [0.15, 0.2) is 0 Å². The Morgan fingerprint density at radius 3 is 0.793 bits per heavy atom. The molecule has 29 heavy (non-hydrogen) atoms. The Labute approximate surface area is 192 Å². The largest absolute Gasteiger partial charge is 0.134 e. The molecule has 4 heteroatoms. The van der Waals surface area contributed by atoms with E-state index in [1.807, 2.05) is 0 Å². The van der Waals surface area contributed by atoms with Crippen LogP contribution >= 0.6 is 47.7 Å². The van der Waals surface area contributed by atoms with Gasteiger partial charge in [-0.05, 0) is 37.1 Å². The molecule has 0 heterocycles. The lowest BCUT2D eigenvalue weighted by molar-refractivity contribution is 1.70. The van der Waals surface area contributed by atoms with Crippen molar-refractivity contribution in [3.05, 3.63) is 121 Å². The van der Waals surface area contributed by atoms with Gasteiger partial charge in [0, 0.05) is 0 Å². The Bertz CT molecular complexity index is 859. The molecule has 4 aromatic rings. The predicted molar refractivity (Wildman–Crippen MR) is 139 cm³/mol. The van der Waals surface area contributed by atoms with Crippen LogP contribution in [0.1, 0.15) is 0 Å². The molecule has 0 nitrogen and oxygen atoms in total. The van der Waals surface area contributed by atoms with Crippen LogP contribution in [0.3, 0.4) is 0 Å². The van der Waals surface area contributed by atoms with Crippen LogP contribution < -0.4 is 21.2 Å². The van der Waals surface area contributed by atoms with Gasteiger partial charge in [-0.2, -0.15) is 0 Å². The van der Waals surface area contributed by atoms with Crippen LogP contribution in [-0.2, 0) is 0 Å². The van der Waals surface area contributed by atoms with E-state index in [1.165, 1.54) is 21.2 Å². The SMILES string of the molecule is BrC(Br)(P(c1ccccc1)c1ccccc1)P(c1ccccc1)c1ccccc1. The standard InChI is InChI=1S/C25H20Br2P2/c26-25(27,28(21-13-5-1-6-14-21)22-15-7-2-8-16-22)29(23-17-9-3-10-18-23)24-19-11-4-12-20-24/h1-20H. The lowest BCUT2D eigenvalue weighted by atomic mass is 10.4. The van der Waals surface area contributed by atoms with Gasteiger partial charge in [-0.25, -0.2) is 0 Å². The number of rotatable bonds is 6. The van der Waals surface area contributed by atoms with Gasteiger partial charge in [-0.3, -0.25) is 0 Å². The molecule has 0 radical (unpaired) electrons. The molecular formula is C25H20Br2P2. The molecule has 0 spiro atoms. The van der Waals surface area contributed by atoms with Gasteiger partial charge in [-0.15, -0.1) is 0 Å². The smallest absolute Gasteiger partial charge is 0.0622 e. The molecule has 0 N–H and O–H groups in total. The molecule has 0 aliphatic rings. The second kappa shape index (κ2) is 9.67. The monoisotopic (exact) mass is 540 g/mol. The summed E-state index contributed by atoms with van der Waals surface area (Å²) in [4.78, 5) is 0. The van der Waals surface area contributed by atoms with Crippen molar-refractivity contribution >= 4 is 68.9 Å². The van der Waals surface area contributed by atoms with Crippen LogP contribution in [0, 0.1) is 0 Å². The maximum Gasteiger partial charge on any atom is 0.134 e. The maximum atomic E-state index is 4.24. The van der Waals surface area contributed by atoms with Gasteiger partial charge in [0.1, 0.15) is 2.72 Å². The van der Waals surface area contributed by atoms with Crippen LogP contribution in [0.25, 0.3) is 0 Å². The average Bonchev–Trinajstić information content (AvgIpc) is 2.77. The molecule has 0 aliphatic carbocycles. The Morgan fingerprint density at radius 1 is 0.379 bits per heavy atom. The maximum absolute atomic E-state index is 4.24. The first kappa shape index (κ1) is 21.0. The molecule has 0 aliphatic heterocycles. The Kier molecular flexibility index (Phi) is 6.99. The highest BCUT2D eigenvalue weighted by atomic mass is 79.9. The normalized spacial score (nSPS) is 11.7. The van der Waals surface area contributed by atoms with Gasteiger partial charge in [0.25, 0.3) is 0 Å². The highest BCUT2D eigenvalue weighted by Gasteiger charge is 2.44. The Balaban J connectivity index is 1.91. The van der Waals surface area contributed by atoms with Gasteiger partial charge in [0.05, 0.1) is 0 Å². The molecule has 0 amide bonds. The second-order valence-corrected chi connectivity index (χ2v) is 17.5. The molecule has 0 unspecified atom stereocenters. The highest BCUT2D eigenvalue weighted by Crippen LogP contribution is 2.71. The van der Waals surface area contributed by atoms with Crippen molar-refractivity contribution in [2.75, 3.05) is 0 Å². The summed E-state index contributed by atoms with van der Waals surface area (Å²) >= 11 is 8.47. The molecule has 0 bridgehead atoms. The van der Waals surface area contributed by atoms with Crippen molar-refractivity contribution in [1.29, 1.82) is 0 Å². The van der Waals surface area contributed by atoms with E-state index >= 15 is 0 Å². The summed E-state index contributed by atoms with van der Waals surface area (Å²) in [5.41, 5.74) is 0. The minimum Gasteiger partial charge on any atom is -0.0622 e. The van der Waals surface area contributed by atoms with Crippen molar-refractivity contribution < 1.29 is 0 Å². The molecule has 0 aromatic heterocycles. The van der Waals surface area contributed by atoms with Crippen LogP contribution in [0.2, 0.25) is 0 Å². The first-order chi connectivity index (χ1) is 14.2. The number of hydrogen-bond acceptors (Lipinski definition) is 0. The summed E-state index contributed by atoms with van der Waals surface area (Å²) in [5.74, 6) is 0. The number of hydrogen-bond donors (Lipinski definition) is 0. The van der Waals surface area contributed by atoms with Crippen molar-refractivity contribution in [3.63, 3.8) is 0 Å². The summed E-state index contributed by atoms with van der Waals surface area (Å²) in [6.45, 7) is 0. The van der Waals surface area contributed by atoms with Gasteiger partial charge < -0.3 is 0 Å². The lowest BCUT2D eigenvalue weighted by Crippen LogP contribution is -2.30. The van der Waals surface area contributed by atoms with Crippen LogP contribution in [-0.4, -0.2) is 2.72 Å². The molecule has 0 fully saturated rings. The summed E-state index contributed by atoms with van der Waals surface area (Å²) in [5, 5.41) is 5.40. The van der Waals surface area contributed by atoms with Crippen molar-refractivity contribution in [2.24, 2.45) is 0 Å². The fourth-order valence-corrected chi connectivity index (χ4v) is 14.1. The fraction of sp³-hybridized carbons (Fsp3) is 0.0400. The molecule has 4 aromatic carbocycles. The number of halogens is 2. The Morgan fingerprint density at radius 2 is 0.586 bits per heavy atom. The zero-order valence-electron chi connectivity index (χ0n) is 15.7. The quantitative estimate of drug-likeness (QED) is 0.189. The minimum absolute atomic E-state index is 0.296. The third-order valence-electron chi connectivity index (χ3n) is 4.60. The van der Waals surface area contributed by atoms with Crippen molar-refractivity contribution in [3.8, 4) is 0 Å². The van der Waals surface area contributed by atoms with Crippen LogP contribution in [0.4, 0.5) is 0 Å². The summed E-state index contributed by atoms with van der Waals surface area (Å²) in [6.07, 6.45) is 0. The fourth-order valence-electron chi connectivity index (χ4n) is 3.33. The summed E-state index contributed by atoms with van der Waals surface area (Å²) in [6, 6.07) is 43.4. The molecule has 0 saturated carbocycles. The highest BCUT2D eigenvalue weighted by molar-refractivity contribution is 9.29. The molecule has 144 valence electrons. The van der Waals surface area contributed by atoms with Crippen molar-refractivity contribution in [1.82, 2.24) is 0 Å². The van der Waals surface area contributed by atoms with E-state index in [2.05, 4.69) is 153 Å².